The van der Waals surface area contributed by atoms with Crippen LogP contribution in [0.2, 0.25) is 0 Å². The zero-order valence-corrected chi connectivity index (χ0v) is 32.8. The molecular weight excluding hydrogens is 700 g/mol. The summed E-state index contributed by atoms with van der Waals surface area (Å²) in [5.74, 6) is -7.61. The smallest absolute Gasteiger partial charge is 0.309 e. The summed E-state index contributed by atoms with van der Waals surface area (Å²) in [5.41, 5.74) is 0. The van der Waals surface area contributed by atoms with Crippen molar-refractivity contribution in [3.05, 3.63) is 0 Å². The summed E-state index contributed by atoms with van der Waals surface area (Å²) in [7, 11) is 0. The monoisotopic (exact) mass is 762 g/mol. The van der Waals surface area contributed by atoms with E-state index >= 15 is 0 Å². The molecule has 2 rings (SSSR count). The minimum Gasteiger partial charge on any atom is -0.463 e. The van der Waals surface area contributed by atoms with Gasteiger partial charge in [0.15, 0.2) is 18.3 Å². The fourth-order valence-electron chi connectivity index (χ4n) is 5.50. The van der Waals surface area contributed by atoms with Crippen LogP contribution in [0.1, 0.15) is 101 Å². The molecule has 2 aliphatic rings. The summed E-state index contributed by atoms with van der Waals surface area (Å²) in [6.07, 6.45) is -12.7. The predicted molar refractivity (Wildman–Crippen MR) is 185 cm³/mol. The molecule has 0 aliphatic carbocycles. The van der Waals surface area contributed by atoms with Crippen LogP contribution in [0.25, 0.3) is 0 Å². The molecule has 2 aliphatic heterocycles. The summed E-state index contributed by atoms with van der Waals surface area (Å²) in [4.78, 5) is 65.6. The number of hydrogen-bond donors (Lipinski definition) is 3. The maximum absolute atomic E-state index is 13.4. The molecule has 0 amide bonds. The van der Waals surface area contributed by atoms with E-state index in [4.69, 9.17) is 37.9 Å². The number of aliphatic hydroxyl groups excluding tert-OH is 3. The highest BCUT2D eigenvalue weighted by atomic mass is 16.8. The van der Waals surface area contributed by atoms with E-state index in [1.807, 2.05) is 13.8 Å². The first kappa shape index (κ1) is 46.3. The van der Waals surface area contributed by atoms with Gasteiger partial charge >= 0.3 is 29.8 Å². The normalized spacial score (nSPS) is 29.8. The van der Waals surface area contributed by atoms with Gasteiger partial charge in [-0.15, -0.1) is 0 Å². The second kappa shape index (κ2) is 21.3. The summed E-state index contributed by atoms with van der Waals surface area (Å²) in [5, 5.41) is 32.0. The van der Waals surface area contributed by atoms with Gasteiger partial charge in [-0.1, -0.05) is 69.2 Å². The molecule has 2 saturated heterocycles. The van der Waals surface area contributed by atoms with Crippen LogP contribution >= 0.6 is 0 Å². The Morgan fingerprint density at radius 1 is 0.660 bits per heavy atom. The van der Waals surface area contributed by atoms with Crippen LogP contribution in [-0.2, 0) is 61.9 Å². The molecular formula is C37H62O16. The highest BCUT2D eigenvalue weighted by molar-refractivity contribution is 5.73. The zero-order valence-electron chi connectivity index (χ0n) is 32.8. The predicted octanol–water partition coefficient (Wildman–Crippen LogP) is 2.59. The van der Waals surface area contributed by atoms with Crippen LogP contribution in [0.4, 0.5) is 0 Å². The zero-order chi connectivity index (χ0) is 40.2. The molecule has 2 fully saturated rings. The van der Waals surface area contributed by atoms with Gasteiger partial charge < -0.3 is 53.2 Å². The quantitative estimate of drug-likeness (QED) is 0.120. The molecule has 0 bridgehead atoms. The number of ether oxygens (including phenoxy) is 8. The van der Waals surface area contributed by atoms with Crippen molar-refractivity contribution in [2.45, 2.75) is 156 Å². The molecule has 11 atom stereocenters. The van der Waals surface area contributed by atoms with Gasteiger partial charge in [0.2, 0.25) is 12.1 Å². The minimum absolute atomic E-state index is 0.0487. The van der Waals surface area contributed by atoms with Crippen molar-refractivity contribution in [1.29, 1.82) is 0 Å². The van der Waals surface area contributed by atoms with Gasteiger partial charge in [0.05, 0.1) is 18.4 Å². The first-order valence-corrected chi connectivity index (χ1v) is 18.7. The maximum atomic E-state index is 13.4. The Labute approximate surface area is 312 Å². The molecule has 0 aromatic rings. The van der Waals surface area contributed by atoms with E-state index < -0.39 is 116 Å². The Kier molecular flexibility index (Phi) is 18.6. The van der Waals surface area contributed by atoms with Crippen LogP contribution in [0.3, 0.4) is 0 Å². The summed E-state index contributed by atoms with van der Waals surface area (Å²) in [6.45, 7) is 15.3. The number of aliphatic hydroxyl groups is 3. The fourth-order valence-corrected chi connectivity index (χ4v) is 5.50. The first-order valence-electron chi connectivity index (χ1n) is 18.7. The van der Waals surface area contributed by atoms with Crippen molar-refractivity contribution in [1.82, 2.24) is 0 Å². The summed E-state index contributed by atoms with van der Waals surface area (Å²) in [6, 6.07) is 0. The average molecular weight is 763 g/mol. The molecule has 16 heteroatoms. The second-order valence-electron chi connectivity index (χ2n) is 15.3. The number of rotatable bonds is 20. The van der Waals surface area contributed by atoms with Crippen LogP contribution in [0.15, 0.2) is 0 Å². The largest absolute Gasteiger partial charge is 0.463 e. The third kappa shape index (κ3) is 13.4. The van der Waals surface area contributed by atoms with Gasteiger partial charge in [-0.2, -0.15) is 0 Å². The second-order valence-corrected chi connectivity index (χ2v) is 15.3. The van der Waals surface area contributed by atoms with Gasteiger partial charge in [-0.05, 0) is 30.6 Å². The maximum Gasteiger partial charge on any atom is 0.309 e. The third-order valence-corrected chi connectivity index (χ3v) is 8.95. The Hall–Kier alpha value is -2.89. The van der Waals surface area contributed by atoms with Crippen molar-refractivity contribution in [3.8, 4) is 0 Å². The van der Waals surface area contributed by atoms with Gasteiger partial charge in [0, 0.05) is 19.3 Å². The molecule has 0 radical (unpaired) electrons. The Balaban J connectivity index is 2.81. The molecule has 53 heavy (non-hydrogen) atoms. The highest BCUT2D eigenvalue weighted by Crippen LogP contribution is 2.41. The number of esters is 5. The molecule has 0 aromatic carbocycles. The molecule has 0 aromatic heterocycles. The van der Waals surface area contributed by atoms with Crippen molar-refractivity contribution in [3.63, 3.8) is 0 Å². The van der Waals surface area contributed by atoms with E-state index in [0.29, 0.717) is 12.8 Å². The standard InChI is InChI=1S/C37H62O16/c1-11-22(9)34(44)47-18-37(53-36-32(49-27(40)14-20(5)6)30(43)29(42)24(16-38)48-36)33(50-28(41)15-21(7)8)31(51-35(45)23(10)12-2)25(52-37)17-46-26(39)13-19(3)4/h19-25,29-33,36,38,42-43H,11-18H2,1-10H3/t22-,23-,24+,25+,29+,30-,31+,32+,33-,36+,37-/m0/s1. The number of carbonyl (C=O) groups is 5. The lowest BCUT2D eigenvalue weighted by Crippen LogP contribution is -2.64. The highest BCUT2D eigenvalue weighted by Gasteiger charge is 2.64. The Morgan fingerprint density at radius 3 is 1.72 bits per heavy atom. The number of carbonyl (C=O) groups excluding carboxylic acids is 5. The van der Waals surface area contributed by atoms with E-state index in [2.05, 4.69) is 0 Å². The summed E-state index contributed by atoms with van der Waals surface area (Å²) >= 11 is 0. The molecule has 306 valence electrons. The van der Waals surface area contributed by atoms with Crippen LogP contribution in [0.5, 0.6) is 0 Å². The first-order chi connectivity index (χ1) is 24.8. The molecule has 0 saturated carbocycles. The molecule has 16 nitrogen and oxygen atoms in total. The molecule has 0 unspecified atom stereocenters. The molecule has 0 spiro atoms. The van der Waals surface area contributed by atoms with Crippen molar-refractivity contribution < 1.29 is 77.2 Å². The lowest BCUT2D eigenvalue weighted by atomic mass is 9.98. The van der Waals surface area contributed by atoms with E-state index in [0.717, 1.165) is 0 Å². The molecule has 3 N–H and O–H groups in total. The van der Waals surface area contributed by atoms with E-state index in [9.17, 15) is 39.3 Å². The lowest BCUT2D eigenvalue weighted by Gasteiger charge is -2.45. The van der Waals surface area contributed by atoms with Crippen LogP contribution in [0, 0.1) is 29.6 Å². The topological polar surface area (TPSA) is 220 Å². The molecule has 2 heterocycles. The van der Waals surface area contributed by atoms with E-state index in [1.165, 1.54) is 0 Å². The van der Waals surface area contributed by atoms with Gasteiger partial charge in [-0.3, -0.25) is 24.0 Å². The Bertz CT molecular complexity index is 1210. The fraction of sp³-hybridized carbons (Fsp3) is 0.865. The van der Waals surface area contributed by atoms with Gasteiger partial charge in [-0.25, -0.2) is 0 Å². The van der Waals surface area contributed by atoms with Gasteiger partial charge in [0.1, 0.15) is 37.6 Å². The SMILES string of the molecule is CC[C@H](C)C(=O)OC[C@@]1(O[C@H]2O[C@H](CO)[C@@H](O)[C@H](O)[C@H]2OC(=O)CC(C)C)O[C@H](COC(=O)CC(C)C)[C@@H](OC(=O)[C@@H](C)CC)[C@@H]1OC(=O)CC(C)C. The van der Waals surface area contributed by atoms with Gasteiger partial charge in [0.25, 0.3) is 0 Å². The van der Waals surface area contributed by atoms with Crippen molar-refractivity contribution >= 4 is 29.8 Å². The van der Waals surface area contributed by atoms with Crippen LogP contribution in [-0.4, -0.2) is 120 Å². The lowest BCUT2D eigenvalue weighted by molar-refractivity contribution is -0.384. The van der Waals surface area contributed by atoms with E-state index in [-0.39, 0.29) is 37.0 Å². The van der Waals surface area contributed by atoms with E-state index in [1.54, 1.807) is 55.4 Å². The minimum atomic E-state index is -2.43. The van der Waals surface area contributed by atoms with Crippen molar-refractivity contribution in [2.24, 2.45) is 29.6 Å². The van der Waals surface area contributed by atoms with Crippen molar-refractivity contribution in [2.75, 3.05) is 19.8 Å². The number of hydrogen-bond acceptors (Lipinski definition) is 16. The Morgan fingerprint density at radius 2 is 1.19 bits per heavy atom. The third-order valence-electron chi connectivity index (χ3n) is 8.95. The average Bonchev–Trinajstić information content (AvgIpc) is 3.34. The summed E-state index contributed by atoms with van der Waals surface area (Å²) < 4.78 is 47.4. The van der Waals surface area contributed by atoms with Crippen LogP contribution < -0.4 is 0 Å².